The van der Waals surface area contributed by atoms with E-state index in [0.717, 1.165) is 16.7 Å². The minimum absolute atomic E-state index is 0.115. The largest absolute Gasteiger partial charge is 0.435 e. The van der Waals surface area contributed by atoms with Gasteiger partial charge in [-0.3, -0.25) is 0 Å². The van der Waals surface area contributed by atoms with Crippen molar-refractivity contribution >= 4 is 22.6 Å². The van der Waals surface area contributed by atoms with E-state index < -0.39 is 13.2 Å². The molecule has 7 heteroatoms. The number of ether oxygens (including phenoxy) is 2. The first kappa shape index (κ1) is 31.3. The molecule has 4 aromatic carbocycles. The zero-order valence-electron chi connectivity index (χ0n) is 21.2. The Morgan fingerprint density at radius 2 is 1.08 bits per heavy atom. The summed E-state index contributed by atoms with van der Waals surface area (Å²) in [6.45, 7) is -1.49. The average Bonchev–Trinajstić information content (AvgIpc) is 2.91. The second-order valence-electron chi connectivity index (χ2n) is 7.76. The Balaban J connectivity index is 0.000000227. The fraction of sp³-hybridized carbons (Fsp3) is 0.125. The molecule has 200 valence electrons. The quantitative estimate of drug-likeness (QED) is 0.126. The van der Waals surface area contributed by atoms with E-state index in [1.165, 1.54) is 45.5 Å². The van der Waals surface area contributed by atoms with E-state index in [0.29, 0.717) is 5.56 Å². The van der Waals surface area contributed by atoms with Crippen LogP contribution in [0.3, 0.4) is 0 Å². The van der Waals surface area contributed by atoms with Crippen LogP contribution in [0.25, 0.3) is 0 Å². The number of benzene rings is 4. The molecule has 4 rings (SSSR count). The first-order valence-electron chi connectivity index (χ1n) is 11.5. The monoisotopic (exact) mass is 644 g/mol. The number of hydrogen-bond acceptors (Lipinski definition) is 2. The fourth-order valence-corrected chi connectivity index (χ4v) is 3.24. The van der Waals surface area contributed by atoms with E-state index in [1.54, 1.807) is 12.1 Å². The van der Waals surface area contributed by atoms with Crippen molar-refractivity contribution in [2.75, 3.05) is 0 Å². The Bertz CT molecular complexity index is 1380. The summed E-state index contributed by atoms with van der Waals surface area (Å²) >= 11 is 2.32. The predicted molar refractivity (Wildman–Crippen MR) is 155 cm³/mol. The first-order valence-corrected chi connectivity index (χ1v) is 12.6. The molecule has 0 fully saturated rings. The third kappa shape index (κ3) is 12.4. The molecule has 4 aromatic rings. The van der Waals surface area contributed by atoms with Gasteiger partial charge >= 0.3 is 13.2 Å². The van der Waals surface area contributed by atoms with Gasteiger partial charge in [-0.05, 0) is 108 Å². The minimum atomic E-state index is -2.80. The fourth-order valence-electron chi connectivity index (χ4n) is 2.86. The molecule has 0 radical (unpaired) electrons. The average molecular weight is 644 g/mol. The highest BCUT2D eigenvalue weighted by atomic mass is 127. The summed E-state index contributed by atoms with van der Waals surface area (Å²) in [4.78, 5) is 0. The van der Waals surface area contributed by atoms with Crippen molar-refractivity contribution in [1.29, 1.82) is 0 Å². The third-order valence-electron chi connectivity index (χ3n) is 4.89. The second-order valence-corrected chi connectivity index (χ2v) is 8.93. The zero-order valence-corrected chi connectivity index (χ0v) is 23.3. The molecule has 0 saturated carbocycles. The normalized spacial score (nSPS) is 9.64. The molecular formula is C32H25F4IO2. The van der Waals surface area contributed by atoms with E-state index in [2.05, 4.69) is 81.0 Å². The van der Waals surface area contributed by atoms with Crippen molar-refractivity contribution in [3.05, 3.63) is 128 Å². The van der Waals surface area contributed by atoms with Crippen molar-refractivity contribution in [2.24, 2.45) is 0 Å². The molecule has 0 aliphatic carbocycles. The highest BCUT2D eigenvalue weighted by Crippen LogP contribution is 2.15. The zero-order chi connectivity index (χ0) is 28.6. The lowest BCUT2D eigenvalue weighted by atomic mass is 10.1. The van der Waals surface area contributed by atoms with Crippen LogP contribution in [0, 0.1) is 41.6 Å². The summed E-state index contributed by atoms with van der Waals surface area (Å²) in [5.74, 6) is 8.65. The van der Waals surface area contributed by atoms with Gasteiger partial charge in [0.15, 0.2) is 0 Å². The predicted octanol–water partition coefficient (Wildman–Crippen LogP) is 8.87. The SMILES string of the molecule is C#Cc1ccc(OC(F)F)cc1.Cc1ccccc1C#Cc1ccc(OC(F)F)cc1.Cc1ccccc1I. The lowest BCUT2D eigenvalue weighted by Crippen LogP contribution is -2.01. The lowest BCUT2D eigenvalue weighted by Gasteiger charge is -2.03. The molecule has 0 N–H and O–H groups in total. The lowest BCUT2D eigenvalue weighted by molar-refractivity contribution is -0.0505. The Hall–Kier alpha value is -3.95. The Morgan fingerprint density at radius 1 is 0.615 bits per heavy atom. The van der Waals surface area contributed by atoms with Crippen LogP contribution in [0.2, 0.25) is 0 Å². The van der Waals surface area contributed by atoms with E-state index in [1.807, 2.05) is 31.2 Å². The smallest absolute Gasteiger partial charge is 0.387 e. The standard InChI is InChI=1S/C16H12F2O.C9H6F2O.C7H7I/c1-12-4-2-3-5-14(12)9-6-13-7-10-15(11-8-13)19-16(17)18;1-2-7-3-5-8(6-4-7)12-9(10)11;1-6-4-2-3-5-7(6)8/h2-5,7-8,10-11,16H,1H3;1,3-6,9H;2-5H,1H3. The maximum atomic E-state index is 12.0. The maximum absolute atomic E-state index is 12.0. The summed E-state index contributed by atoms with van der Waals surface area (Å²) in [7, 11) is 0. The number of alkyl halides is 4. The summed E-state index contributed by atoms with van der Waals surface area (Å²) < 4.78 is 57.0. The highest BCUT2D eigenvalue weighted by Gasteiger charge is 2.03. The minimum Gasteiger partial charge on any atom is -0.435 e. The van der Waals surface area contributed by atoms with Crippen molar-refractivity contribution in [3.8, 4) is 35.7 Å². The van der Waals surface area contributed by atoms with E-state index >= 15 is 0 Å². The molecule has 0 amide bonds. The van der Waals surface area contributed by atoms with Crippen LogP contribution in [-0.2, 0) is 0 Å². The van der Waals surface area contributed by atoms with E-state index in [9.17, 15) is 17.6 Å². The van der Waals surface area contributed by atoms with Gasteiger partial charge in [0.1, 0.15) is 11.5 Å². The van der Waals surface area contributed by atoms with Crippen LogP contribution in [-0.4, -0.2) is 13.2 Å². The van der Waals surface area contributed by atoms with Crippen LogP contribution in [0.15, 0.2) is 97.1 Å². The van der Waals surface area contributed by atoms with Crippen LogP contribution in [0.4, 0.5) is 17.6 Å². The van der Waals surface area contributed by atoms with Gasteiger partial charge in [0.05, 0.1) is 0 Å². The summed E-state index contributed by atoms with van der Waals surface area (Å²) in [6.07, 6.45) is 5.06. The number of terminal acetylenes is 1. The summed E-state index contributed by atoms with van der Waals surface area (Å²) in [5.41, 5.74) is 4.80. The molecule has 0 aliphatic rings. The molecule has 0 bridgehead atoms. The van der Waals surface area contributed by atoms with Crippen molar-refractivity contribution < 1.29 is 27.0 Å². The Morgan fingerprint density at radius 3 is 1.49 bits per heavy atom. The second kappa shape index (κ2) is 16.8. The molecule has 2 nitrogen and oxygen atoms in total. The van der Waals surface area contributed by atoms with Crippen molar-refractivity contribution in [1.82, 2.24) is 0 Å². The van der Waals surface area contributed by atoms with Crippen LogP contribution in [0.5, 0.6) is 11.5 Å². The number of hydrogen-bond donors (Lipinski definition) is 0. The van der Waals surface area contributed by atoms with Crippen molar-refractivity contribution in [2.45, 2.75) is 27.1 Å². The van der Waals surface area contributed by atoms with Gasteiger partial charge in [-0.2, -0.15) is 17.6 Å². The Labute approximate surface area is 240 Å². The van der Waals surface area contributed by atoms with E-state index in [-0.39, 0.29) is 11.5 Å². The first-order chi connectivity index (χ1) is 18.7. The Kier molecular flexibility index (Phi) is 13.5. The van der Waals surface area contributed by atoms with Gasteiger partial charge in [0, 0.05) is 20.3 Å². The molecular weight excluding hydrogens is 619 g/mol. The highest BCUT2D eigenvalue weighted by molar-refractivity contribution is 14.1. The number of halogens is 5. The van der Waals surface area contributed by atoms with Gasteiger partial charge in [-0.25, -0.2) is 0 Å². The molecule has 0 saturated heterocycles. The third-order valence-corrected chi connectivity index (χ3v) is 6.10. The van der Waals surface area contributed by atoms with Gasteiger partial charge in [0.25, 0.3) is 0 Å². The summed E-state index contributed by atoms with van der Waals surface area (Å²) in [6, 6.07) is 28.3. The molecule has 0 aliphatic heterocycles. The van der Waals surface area contributed by atoms with Gasteiger partial charge in [-0.15, -0.1) is 6.42 Å². The topological polar surface area (TPSA) is 18.5 Å². The molecule has 0 heterocycles. The number of rotatable bonds is 4. The van der Waals surface area contributed by atoms with Gasteiger partial charge in [-0.1, -0.05) is 54.2 Å². The van der Waals surface area contributed by atoms with Crippen LogP contribution in [0.1, 0.15) is 27.8 Å². The summed E-state index contributed by atoms with van der Waals surface area (Å²) in [5, 5.41) is 0. The number of aryl methyl sites for hydroxylation is 2. The molecule has 0 atom stereocenters. The molecule has 0 aromatic heterocycles. The van der Waals surface area contributed by atoms with Crippen LogP contribution < -0.4 is 9.47 Å². The van der Waals surface area contributed by atoms with Crippen molar-refractivity contribution in [3.63, 3.8) is 0 Å². The van der Waals surface area contributed by atoms with Crippen LogP contribution >= 0.6 is 22.6 Å². The van der Waals surface area contributed by atoms with Gasteiger partial charge in [0.2, 0.25) is 0 Å². The maximum Gasteiger partial charge on any atom is 0.387 e. The molecule has 0 unspecified atom stereocenters. The van der Waals surface area contributed by atoms with E-state index in [4.69, 9.17) is 6.42 Å². The van der Waals surface area contributed by atoms with Gasteiger partial charge < -0.3 is 9.47 Å². The molecule has 0 spiro atoms. The molecule has 39 heavy (non-hydrogen) atoms.